The van der Waals surface area contributed by atoms with Crippen molar-refractivity contribution in [2.75, 3.05) is 4.43 Å². The van der Waals surface area contributed by atoms with E-state index >= 15 is 0 Å². The number of rotatable bonds is 4. The summed E-state index contributed by atoms with van der Waals surface area (Å²) in [6.07, 6.45) is 10.8. The third-order valence-electron chi connectivity index (χ3n) is 0.829. The van der Waals surface area contributed by atoms with Crippen molar-refractivity contribution in [3.8, 4) is 0 Å². The first-order valence-corrected chi connectivity index (χ1v) is 4.83. The summed E-state index contributed by atoms with van der Waals surface area (Å²) < 4.78 is 0.972. The minimum absolute atomic E-state index is 0.972. The molecular weight excluding hydrogens is 237 g/mol. The summed E-state index contributed by atoms with van der Waals surface area (Å²) >= 11 is 2.25. The molecular formula is C8H12IN. The van der Waals surface area contributed by atoms with E-state index in [4.69, 9.17) is 0 Å². The molecule has 0 amide bonds. The van der Waals surface area contributed by atoms with Gasteiger partial charge in [-0.3, -0.25) is 4.99 Å². The average molecular weight is 249 g/mol. The van der Waals surface area contributed by atoms with Crippen molar-refractivity contribution in [1.29, 1.82) is 0 Å². The molecule has 0 aliphatic heterocycles. The summed E-state index contributed by atoms with van der Waals surface area (Å²) in [5.74, 6) is 0. The minimum Gasteiger partial charge on any atom is -0.268 e. The van der Waals surface area contributed by atoms with Crippen LogP contribution in [0.25, 0.3) is 0 Å². The summed E-state index contributed by atoms with van der Waals surface area (Å²) in [5, 5.41) is 0. The first-order chi connectivity index (χ1) is 4.91. The summed E-state index contributed by atoms with van der Waals surface area (Å²) in [6, 6.07) is 0. The Balaban J connectivity index is 3.37. The first-order valence-electron chi connectivity index (χ1n) is 3.31. The van der Waals surface area contributed by atoms with Crippen molar-refractivity contribution in [3.63, 3.8) is 0 Å². The molecule has 0 rings (SSSR count). The third-order valence-corrected chi connectivity index (χ3v) is 1.22. The topological polar surface area (TPSA) is 12.4 Å². The molecule has 0 N–H and O–H groups in total. The molecule has 56 valence electrons. The number of nitrogens with zero attached hydrogens (tertiary/aromatic N) is 1. The van der Waals surface area contributed by atoms with E-state index in [0.29, 0.717) is 0 Å². The van der Waals surface area contributed by atoms with Crippen LogP contribution in [-0.4, -0.2) is 10.6 Å². The smallest absolute Gasteiger partial charge is 0.0350 e. The summed E-state index contributed by atoms with van der Waals surface area (Å²) in [6.45, 7) is 2.11. The van der Waals surface area contributed by atoms with Crippen LogP contribution >= 0.6 is 22.6 Å². The SMILES string of the molecule is CC/C=C\C=C/N=CCI. The molecule has 0 aromatic carbocycles. The summed E-state index contributed by atoms with van der Waals surface area (Å²) in [7, 11) is 0. The number of hydrogen-bond acceptors (Lipinski definition) is 1. The standard InChI is InChI=1S/C8H12IN/c1-2-3-4-5-7-10-8-6-9/h3-5,7-8H,2,6H2,1H3/b4-3-,7-5-,10-8?. The zero-order valence-electron chi connectivity index (χ0n) is 6.13. The second-order valence-corrected chi connectivity index (χ2v) is 2.54. The van der Waals surface area contributed by atoms with E-state index in [1.54, 1.807) is 6.20 Å². The van der Waals surface area contributed by atoms with E-state index in [1.165, 1.54) is 0 Å². The van der Waals surface area contributed by atoms with Crippen LogP contribution in [0.4, 0.5) is 0 Å². The van der Waals surface area contributed by atoms with Gasteiger partial charge >= 0.3 is 0 Å². The van der Waals surface area contributed by atoms with Gasteiger partial charge in [-0.2, -0.15) is 0 Å². The molecule has 10 heavy (non-hydrogen) atoms. The number of hydrogen-bond donors (Lipinski definition) is 0. The van der Waals surface area contributed by atoms with Gasteiger partial charge in [0.1, 0.15) is 0 Å². The monoisotopic (exact) mass is 249 g/mol. The highest BCUT2D eigenvalue weighted by molar-refractivity contribution is 14.1. The van der Waals surface area contributed by atoms with E-state index in [2.05, 4.69) is 40.6 Å². The lowest BCUT2D eigenvalue weighted by Crippen LogP contribution is -1.66. The maximum absolute atomic E-state index is 4.00. The van der Waals surface area contributed by atoms with E-state index < -0.39 is 0 Å². The molecule has 0 radical (unpaired) electrons. The molecule has 0 saturated heterocycles. The second kappa shape index (κ2) is 8.88. The molecule has 0 spiro atoms. The summed E-state index contributed by atoms with van der Waals surface area (Å²) in [4.78, 5) is 4.00. The molecule has 0 saturated carbocycles. The van der Waals surface area contributed by atoms with Gasteiger partial charge in [-0.1, -0.05) is 41.7 Å². The molecule has 0 unspecified atom stereocenters. The lowest BCUT2D eigenvalue weighted by molar-refractivity contribution is 1.22. The summed E-state index contributed by atoms with van der Waals surface area (Å²) in [5.41, 5.74) is 0. The Labute approximate surface area is 76.1 Å². The quantitative estimate of drug-likeness (QED) is 0.314. The predicted molar refractivity (Wildman–Crippen MR) is 56.0 cm³/mol. The maximum atomic E-state index is 4.00. The van der Waals surface area contributed by atoms with E-state index in [9.17, 15) is 0 Å². The Morgan fingerprint density at radius 3 is 2.80 bits per heavy atom. The number of aliphatic imine (C=N–C) groups is 1. The lowest BCUT2D eigenvalue weighted by Gasteiger charge is -1.74. The fourth-order valence-corrected chi connectivity index (χ4v) is 0.642. The van der Waals surface area contributed by atoms with Gasteiger partial charge in [-0.05, 0) is 12.5 Å². The number of alkyl halides is 1. The maximum Gasteiger partial charge on any atom is 0.0350 e. The van der Waals surface area contributed by atoms with Gasteiger partial charge in [0.15, 0.2) is 0 Å². The number of halogens is 1. The molecule has 2 heteroatoms. The molecule has 0 atom stereocenters. The molecule has 0 aliphatic carbocycles. The van der Waals surface area contributed by atoms with Crippen LogP contribution in [-0.2, 0) is 0 Å². The second-order valence-electron chi connectivity index (χ2n) is 1.66. The Kier molecular flexibility index (Phi) is 8.77. The highest BCUT2D eigenvalue weighted by Crippen LogP contribution is 1.82. The first kappa shape index (κ1) is 9.88. The van der Waals surface area contributed by atoms with Gasteiger partial charge in [-0.25, -0.2) is 0 Å². The van der Waals surface area contributed by atoms with Gasteiger partial charge in [-0.15, -0.1) is 0 Å². The van der Waals surface area contributed by atoms with Crippen molar-refractivity contribution >= 4 is 28.8 Å². The van der Waals surface area contributed by atoms with Crippen LogP contribution in [0.2, 0.25) is 0 Å². The zero-order chi connectivity index (χ0) is 7.66. The molecule has 0 aromatic rings. The number of allylic oxidation sites excluding steroid dienone is 3. The highest BCUT2D eigenvalue weighted by atomic mass is 127. The van der Waals surface area contributed by atoms with Crippen LogP contribution in [0.1, 0.15) is 13.3 Å². The Morgan fingerprint density at radius 2 is 2.20 bits per heavy atom. The van der Waals surface area contributed by atoms with Crippen LogP contribution < -0.4 is 0 Å². The van der Waals surface area contributed by atoms with Crippen LogP contribution in [0.3, 0.4) is 0 Å². The van der Waals surface area contributed by atoms with Gasteiger partial charge < -0.3 is 0 Å². The van der Waals surface area contributed by atoms with Crippen molar-refractivity contribution < 1.29 is 0 Å². The Bertz CT molecular complexity index is 120. The molecule has 0 bridgehead atoms. The average Bonchev–Trinajstić information content (AvgIpc) is 1.97. The zero-order valence-corrected chi connectivity index (χ0v) is 8.28. The normalized spacial score (nSPS) is 12.6. The molecule has 0 aliphatic rings. The van der Waals surface area contributed by atoms with Gasteiger partial charge in [0.2, 0.25) is 0 Å². The van der Waals surface area contributed by atoms with Crippen LogP contribution in [0, 0.1) is 0 Å². The van der Waals surface area contributed by atoms with Crippen molar-refractivity contribution in [1.82, 2.24) is 0 Å². The van der Waals surface area contributed by atoms with Gasteiger partial charge in [0.05, 0.1) is 0 Å². The van der Waals surface area contributed by atoms with E-state index in [-0.39, 0.29) is 0 Å². The lowest BCUT2D eigenvalue weighted by atomic mass is 10.4. The van der Waals surface area contributed by atoms with Gasteiger partial charge in [0, 0.05) is 16.8 Å². The Morgan fingerprint density at radius 1 is 1.40 bits per heavy atom. The fourth-order valence-electron chi connectivity index (χ4n) is 0.415. The minimum atomic E-state index is 0.972. The van der Waals surface area contributed by atoms with Crippen molar-refractivity contribution in [3.05, 3.63) is 24.4 Å². The van der Waals surface area contributed by atoms with Crippen LogP contribution in [0.5, 0.6) is 0 Å². The highest BCUT2D eigenvalue weighted by Gasteiger charge is 1.64. The van der Waals surface area contributed by atoms with Gasteiger partial charge in [0.25, 0.3) is 0 Å². The van der Waals surface area contributed by atoms with Crippen LogP contribution in [0.15, 0.2) is 29.4 Å². The third kappa shape index (κ3) is 7.88. The largest absolute Gasteiger partial charge is 0.268 e. The Hall–Kier alpha value is -0.120. The van der Waals surface area contributed by atoms with E-state index in [0.717, 1.165) is 10.8 Å². The molecule has 0 fully saturated rings. The molecule has 0 aromatic heterocycles. The molecule has 1 nitrogen and oxygen atoms in total. The van der Waals surface area contributed by atoms with Crippen molar-refractivity contribution in [2.24, 2.45) is 4.99 Å². The van der Waals surface area contributed by atoms with Crippen molar-refractivity contribution in [2.45, 2.75) is 13.3 Å². The molecule has 0 heterocycles. The fraction of sp³-hybridized carbons (Fsp3) is 0.375. The predicted octanol–water partition coefficient (Wildman–Crippen LogP) is 2.97. The van der Waals surface area contributed by atoms with E-state index in [1.807, 2.05) is 18.4 Å².